The minimum absolute atomic E-state index is 0.0550. The lowest BCUT2D eigenvalue weighted by Gasteiger charge is -2.11. The maximum Gasteiger partial charge on any atom is 0.269 e. The molecule has 114 valence electrons. The second kappa shape index (κ2) is 5.40. The van der Waals surface area contributed by atoms with Crippen molar-refractivity contribution in [2.24, 2.45) is 0 Å². The predicted octanol–water partition coefficient (Wildman–Crippen LogP) is 3.20. The molecule has 0 spiro atoms. The molecule has 0 bridgehead atoms. The monoisotopic (exact) mass is 325 g/mol. The smallest absolute Gasteiger partial charge is 0.269 e. The summed E-state index contributed by atoms with van der Waals surface area (Å²) in [6, 6.07) is 16.4. The zero-order valence-corrected chi connectivity index (χ0v) is 12.6. The molecule has 0 amide bonds. The Bertz CT molecular complexity index is 863. The van der Waals surface area contributed by atoms with Crippen molar-refractivity contribution in [1.29, 1.82) is 0 Å². The van der Waals surface area contributed by atoms with Gasteiger partial charge in [-0.1, -0.05) is 42.1 Å². The summed E-state index contributed by atoms with van der Waals surface area (Å²) in [5.74, 6) is 0.640. The molecule has 1 aliphatic heterocycles. The van der Waals surface area contributed by atoms with Crippen LogP contribution in [0.4, 0.5) is 5.69 Å². The molecule has 1 atom stereocenters. The SMILES string of the molecule is O=[N+]([O-])c1ccc(-c2nnc3n2N[C@@H](c2ccccc2)S3)cc1. The molecule has 0 radical (unpaired) electrons. The molecule has 23 heavy (non-hydrogen) atoms. The number of hydrogen-bond acceptors (Lipinski definition) is 6. The summed E-state index contributed by atoms with van der Waals surface area (Å²) in [6.07, 6.45) is 0. The van der Waals surface area contributed by atoms with Gasteiger partial charge < -0.3 is 5.43 Å². The van der Waals surface area contributed by atoms with Crippen LogP contribution in [0.5, 0.6) is 0 Å². The van der Waals surface area contributed by atoms with Gasteiger partial charge in [-0.3, -0.25) is 10.1 Å². The maximum atomic E-state index is 10.7. The quantitative estimate of drug-likeness (QED) is 0.588. The van der Waals surface area contributed by atoms with Gasteiger partial charge in [-0.05, 0) is 17.7 Å². The summed E-state index contributed by atoms with van der Waals surface area (Å²) >= 11 is 1.58. The van der Waals surface area contributed by atoms with E-state index in [0.29, 0.717) is 5.82 Å². The van der Waals surface area contributed by atoms with Gasteiger partial charge in [-0.2, -0.15) is 0 Å². The average Bonchev–Trinajstić information content (AvgIpc) is 3.16. The second-order valence-electron chi connectivity index (χ2n) is 4.98. The third kappa shape index (κ3) is 2.42. The Morgan fingerprint density at radius 2 is 1.83 bits per heavy atom. The third-order valence-corrected chi connectivity index (χ3v) is 4.63. The first-order valence-electron chi connectivity index (χ1n) is 6.91. The number of rotatable bonds is 3. The minimum Gasteiger partial charge on any atom is -0.304 e. The van der Waals surface area contributed by atoms with E-state index in [0.717, 1.165) is 16.3 Å². The van der Waals surface area contributed by atoms with Gasteiger partial charge in [0.25, 0.3) is 5.69 Å². The highest BCUT2D eigenvalue weighted by molar-refractivity contribution is 7.99. The van der Waals surface area contributed by atoms with Crippen LogP contribution in [0.2, 0.25) is 0 Å². The average molecular weight is 325 g/mol. The molecule has 0 unspecified atom stereocenters. The van der Waals surface area contributed by atoms with Gasteiger partial charge in [0.05, 0.1) is 4.92 Å². The van der Waals surface area contributed by atoms with Crippen LogP contribution in [0.25, 0.3) is 11.4 Å². The van der Waals surface area contributed by atoms with Crippen molar-refractivity contribution in [1.82, 2.24) is 14.9 Å². The van der Waals surface area contributed by atoms with Gasteiger partial charge in [-0.25, -0.2) is 4.68 Å². The highest BCUT2D eigenvalue weighted by atomic mass is 32.2. The van der Waals surface area contributed by atoms with Crippen LogP contribution in [0.1, 0.15) is 10.9 Å². The van der Waals surface area contributed by atoms with Crippen LogP contribution < -0.4 is 5.43 Å². The largest absolute Gasteiger partial charge is 0.304 e. The van der Waals surface area contributed by atoms with Crippen LogP contribution in [-0.2, 0) is 0 Å². The van der Waals surface area contributed by atoms with Crippen LogP contribution in [0, 0.1) is 10.1 Å². The number of nitrogens with one attached hydrogen (secondary N) is 1. The molecule has 2 heterocycles. The number of benzene rings is 2. The zero-order valence-electron chi connectivity index (χ0n) is 11.8. The molecule has 1 aliphatic rings. The first-order valence-corrected chi connectivity index (χ1v) is 7.79. The van der Waals surface area contributed by atoms with Crippen LogP contribution >= 0.6 is 11.8 Å². The number of hydrogen-bond donors (Lipinski definition) is 1. The molecule has 8 heteroatoms. The molecule has 0 saturated heterocycles. The van der Waals surface area contributed by atoms with E-state index in [-0.39, 0.29) is 11.1 Å². The highest BCUT2D eigenvalue weighted by Crippen LogP contribution is 2.40. The fourth-order valence-corrected chi connectivity index (χ4v) is 3.40. The summed E-state index contributed by atoms with van der Waals surface area (Å²) in [5, 5.41) is 19.9. The Balaban J connectivity index is 1.64. The van der Waals surface area contributed by atoms with Gasteiger partial charge >= 0.3 is 0 Å². The second-order valence-corrected chi connectivity index (χ2v) is 6.06. The molecular formula is C15H11N5O2S. The highest BCUT2D eigenvalue weighted by Gasteiger charge is 2.28. The van der Waals surface area contributed by atoms with Crippen LogP contribution in [0.3, 0.4) is 0 Å². The maximum absolute atomic E-state index is 10.7. The zero-order chi connectivity index (χ0) is 15.8. The first-order chi connectivity index (χ1) is 11.2. The van der Waals surface area contributed by atoms with E-state index < -0.39 is 4.92 Å². The summed E-state index contributed by atoms with van der Waals surface area (Å²) < 4.78 is 1.82. The van der Waals surface area contributed by atoms with E-state index in [1.807, 2.05) is 22.9 Å². The topological polar surface area (TPSA) is 85.9 Å². The van der Waals surface area contributed by atoms with E-state index in [9.17, 15) is 10.1 Å². The number of nitrogens with zero attached hydrogens (tertiary/aromatic N) is 4. The van der Waals surface area contributed by atoms with Gasteiger partial charge in [0.15, 0.2) is 5.82 Å². The van der Waals surface area contributed by atoms with Gasteiger partial charge in [0, 0.05) is 17.7 Å². The van der Waals surface area contributed by atoms with Gasteiger partial charge in [0.1, 0.15) is 5.37 Å². The molecule has 4 rings (SSSR count). The molecule has 0 aliphatic carbocycles. The number of fused-ring (bicyclic) bond motifs is 1. The summed E-state index contributed by atoms with van der Waals surface area (Å²) in [4.78, 5) is 10.3. The van der Waals surface area contributed by atoms with Crippen molar-refractivity contribution < 1.29 is 4.92 Å². The Morgan fingerprint density at radius 3 is 2.52 bits per heavy atom. The van der Waals surface area contributed by atoms with Gasteiger partial charge in [0.2, 0.25) is 5.16 Å². The summed E-state index contributed by atoms with van der Waals surface area (Å²) in [5.41, 5.74) is 5.34. The Kier molecular flexibility index (Phi) is 3.23. The predicted molar refractivity (Wildman–Crippen MR) is 86.5 cm³/mol. The molecule has 1 aromatic heterocycles. The van der Waals surface area contributed by atoms with Gasteiger partial charge in [-0.15, -0.1) is 10.2 Å². The summed E-state index contributed by atoms with van der Waals surface area (Å²) in [6.45, 7) is 0. The van der Waals surface area contributed by atoms with Crippen molar-refractivity contribution in [3.63, 3.8) is 0 Å². The molecule has 1 N–H and O–H groups in total. The van der Waals surface area contributed by atoms with Crippen molar-refractivity contribution in [3.8, 4) is 11.4 Å². The normalized spacial score (nSPS) is 15.9. The Morgan fingerprint density at radius 1 is 1.09 bits per heavy atom. The number of nitro groups is 1. The fourth-order valence-electron chi connectivity index (χ4n) is 2.40. The van der Waals surface area contributed by atoms with Crippen LogP contribution in [-0.4, -0.2) is 19.8 Å². The van der Waals surface area contributed by atoms with Crippen LogP contribution in [0.15, 0.2) is 59.8 Å². The lowest BCUT2D eigenvalue weighted by Crippen LogP contribution is -2.13. The lowest BCUT2D eigenvalue weighted by atomic mass is 10.2. The molecule has 0 fully saturated rings. The van der Waals surface area contributed by atoms with Crippen molar-refractivity contribution in [2.75, 3.05) is 5.43 Å². The van der Waals surface area contributed by atoms with E-state index >= 15 is 0 Å². The number of nitro benzene ring substituents is 1. The number of aromatic nitrogens is 3. The van der Waals surface area contributed by atoms with E-state index in [1.165, 1.54) is 12.1 Å². The molecule has 3 aromatic rings. The Labute approximate surface area is 135 Å². The molecular weight excluding hydrogens is 314 g/mol. The van der Waals surface area contributed by atoms with E-state index in [1.54, 1.807) is 23.9 Å². The Hall–Kier alpha value is -2.87. The molecule has 0 saturated carbocycles. The molecule has 7 nitrogen and oxygen atoms in total. The first kappa shape index (κ1) is 13.8. The fraction of sp³-hybridized carbons (Fsp3) is 0.0667. The number of non-ortho nitro benzene ring substituents is 1. The van der Waals surface area contributed by atoms with E-state index in [2.05, 4.69) is 27.8 Å². The third-order valence-electron chi connectivity index (χ3n) is 3.54. The molecule has 2 aromatic carbocycles. The van der Waals surface area contributed by atoms with Crippen molar-refractivity contribution >= 4 is 17.4 Å². The lowest BCUT2D eigenvalue weighted by molar-refractivity contribution is -0.384. The van der Waals surface area contributed by atoms with Crippen molar-refractivity contribution in [2.45, 2.75) is 10.5 Å². The standard InChI is InChI=1S/C15H11N5O2S/c21-20(22)12-8-6-10(7-9-12)13-16-17-15-19(13)18-14(23-15)11-4-2-1-3-5-11/h1-9,14,18H/t14-/m1/s1. The van der Waals surface area contributed by atoms with E-state index in [4.69, 9.17) is 0 Å². The summed E-state index contributed by atoms with van der Waals surface area (Å²) in [7, 11) is 0. The van der Waals surface area contributed by atoms with Crippen molar-refractivity contribution in [3.05, 3.63) is 70.3 Å². The number of thioether (sulfide) groups is 1. The minimum atomic E-state index is -0.419.